The Morgan fingerprint density at radius 2 is 2.14 bits per heavy atom. The zero-order chi connectivity index (χ0) is 16.1. The molecule has 0 bridgehead atoms. The van der Waals surface area contributed by atoms with Gasteiger partial charge in [0.1, 0.15) is 11.8 Å². The van der Waals surface area contributed by atoms with Crippen LogP contribution in [0, 0.1) is 0 Å². The molecule has 0 saturated carbocycles. The SMILES string of the molecule is COc1cccc(CCC(=O)N2C[C@@H](OC)C[C@H]2C(N)=O)c1. The predicted octanol–water partition coefficient (Wildman–Crippen LogP) is 0.729. The highest BCUT2D eigenvalue weighted by Crippen LogP contribution is 2.22. The third kappa shape index (κ3) is 3.76. The largest absolute Gasteiger partial charge is 0.497 e. The lowest BCUT2D eigenvalue weighted by molar-refractivity contribution is -0.137. The van der Waals surface area contributed by atoms with Crippen LogP contribution in [0.25, 0.3) is 0 Å². The van der Waals surface area contributed by atoms with Gasteiger partial charge in [0.05, 0.1) is 13.2 Å². The Morgan fingerprint density at radius 3 is 2.77 bits per heavy atom. The lowest BCUT2D eigenvalue weighted by Crippen LogP contribution is -2.43. The van der Waals surface area contributed by atoms with Crippen LogP contribution in [0.2, 0.25) is 0 Å². The second-order valence-corrected chi connectivity index (χ2v) is 5.41. The fourth-order valence-electron chi connectivity index (χ4n) is 2.74. The zero-order valence-corrected chi connectivity index (χ0v) is 13.0. The predicted molar refractivity (Wildman–Crippen MR) is 81.4 cm³/mol. The number of likely N-dealkylation sites (tertiary alicyclic amines) is 1. The molecule has 1 fully saturated rings. The molecule has 0 spiro atoms. The Hall–Kier alpha value is -2.08. The average Bonchev–Trinajstić information content (AvgIpc) is 2.97. The maximum atomic E-state index is 12.4. The smallest absolute Gasteiger partial charge is 0.240 e. The second kappa shape index (κ2) is 7.26. The number of hydrogen-bond acceptors (Lipinski definition) is 4. The third-order valence-corrected chi connectivity index (χ3v) is 4.01. The molecule has 22 heavy (non-hydrogen) atoms. The summed E-state index contributed by atoms with van der Waals surface area (Å²) >= 11 is 0. The van der Waals surface area contributed by atoms with E-state index in [9.17, 15) is 9.59 Å². The van der Waals surface area contributed by atoms with Crippen LogP contribution >= 0.6 is 0 Å². The van der Waals surface area contributed by atoms with E-state index in [1.54, 1.807) is 14.2 Å². The Bertz CT molecular complexity index is 547. The molecule has 2 atom stereocenters. The summed E-state index contributed by atoms with van der Waals surface area (Å²) in [7, 11) is 3.18. The van der Waals surface area contributed by atoms with Gasteiger partial charge in [0.15, 0.2) is 0 Å². The molecule has 2 rings (SSSR count). The van der Waals surface area contributed by atoms with Crippen LogP contribution in [0.3, 0.4) is 0 Å². The summed E-state index contributed by atoms with van der Waals surface area (Å²) in [6.07, 6.45) is 1.26. The highest BCUT2D eigenvalue weighted by atomic mass is 16.5. The van der Waals surface area contributed by atoms with E-state index in [-0.39, 0.29) is 12.0 Å². The van der Waals surface area contributed by atoms with Crippen LogP contribution in [0.4, 0.5) is 0 Å². The zero-order valence-electron chi connectivity index (χ0n) is 13.0. The quantitative estimate of drug-likeness (QED) is 0.840. The van der Waals surface area contributed by atoms with E-state index in [4.69, 9.17) is 15.2 Å². The van der Waals surface area contributed by atoms with Gasteiger partial charge in [-0.1, -0.05) is 12.1 Å². The van der Waals surface area contributed by atoms with E-state index in [1.807, 2.05) is 24.3 Å². The molecule has 6 nitrogen and oxygen atoms in total. The summed E-state index contributed by atoms with van der Waals surface area (Å²) in [5, 5.41) is 0. The van der Waals surface area contributed by atoms with E-state index >= 15 is 0 Å². The Morgan fingerprint density at radius 1 is 1.36 bits per heavy atom. The minimum atomic E-state index is -0.567. The van der Waals surface area contributed by atoms with Crippen LogP contribution in [0.5, 0.6) is 5.75 Å². The summed E-state index contributed by atoms with van der Waals surface area (Å²) in [5.74, 6) is 0.209. The summed E-state index contributed by atoms with van der Waals surface area (Å²) in [4.78, 5) is 25.4. The van der Waals surface area contributed by atoms with Crippen LogP contribution in [-0.4, -0.2) is 49.6 Å². The van der Waals surface area contributed by atoms with Crippen molar-refractivity contribution in [3.8, 4) is 5.75 Å². The minimum Gasteiger partial charge on any atom is -0.497 e. The molecule has 0 unspecified atom stereocenters. The number of nitrogens with zero attached hydrogens (tertiary/aromatic N) is 1. The van der Waals surface area contributed by atoms with Gasteiger partial charge in [0, 0.05) is 26.5 Å². The van der Waals surface area contributed by atoms with E-state index in [0.717, 1.165) is 11.3 Å². The molecule has 0 aliphatic carbocycles. The number of primary amides is 1. The van der Waals surface area contributed by atoms with Crippen molar-refractivity contribution in [3.63, 3.8) is 0 Å². The number of ether oxygens (including phenoxy) is 2. The lowest BCUT2D eigenvalue weighted by atomic mass is 10.1. The van der Waals surface area contributed by atoms with Crippen LogP contribution in [-0.2, 0) is 20.7 Å². The number of benzene rings is 1. The first-order chi connectivity index (χ1) is 10.5. The topological polar surface area (TPSA) is 81.9 Å². The molecule has 1 aliphatic heterocycles. The molecule has 0 aromatic heterocycles. The van der Waals surface area contributed by atoms with E-state index in [1.165, 1.54) is 4.90 Å². The highest BCUT2D eigenvalue weighted by molar-refractivity contribution is 5.87. The van der Waals surface area contributed by atoms with Gasteiger partial charge in [-0.05, 0) is 24.1 Å². The molecular weight excluding hydrogens is 284 g/mol. The molecule has 1 aromatic carbocycles. The number of hydrogen-bond donors (Lipinski definition) is 1. The van der Waals surface area contributed by atoms with Crippen molar-refractivity contribution in [2.24, 2.45) is 5.73 Å². The summed E-state index contributed by atoms with van der Waals surface area (Å²) in [6, 6.07) is 7.03. The lowest BCUT2D eigenvalue weighted by Gasteiger charge is -2.22. The highest BCUT2D eigenvalue weighted by Gasteiger charge is 2.38. The summed E-state index contributed by atoms with van der Waals surface area (Å²) in [5.41, 5.74) is 6.40. The number of carbonyl (C=O) groups excluding carboxylic acids is 2. The van der Waals surface area contributed by atoms with Gasteiger partial charge in [-0.15, -0.1) is 0 Å². The Balaban J connectivity index is 1.97. The first kappa shape index (κ1) is 16.3. The third-order valence-electron chi connectivity index (χ3n) is 4.01. The van der Waals surface area contributed by atoms with Crippen LogP contribution in [0.1, 0.15) is 18.4 Å². The van der Waals surface area contributed by atoms with Crippen molar-refractivity contribution in [1.82, 2.24) is 4.90 Å². The normalized spacial score (nSPS) is 20.9. The molecule has 1 aliphatic rings. The van der Waals surface area contributed by atoms with Crippen LogP contribution < -0.4 is 10.5 Å². The monoisotopic (exact) mass is 306 g/mol. The van der Waals surface area contributed by atoms with Gasteiger partial charge < -0.3 is 20.1 Å². The Labute approximate surface area is 130 Å². The average molecular weight is 306 g/mol. The number of amides is 2. The first-order valence-electron chi connectivity index (χ1n) is 7.29. The van der Waals surface area contributed by atoms with Gasteiger partial charge in [0.2, 0.25) is 11.8 Å². The van der Waals surface area contributed by atoms with E-state index in [2.05, 4.69) is 0 Å². The van der Waals surface area contributed by atoms with E-state index < -0.39 is 11.9 Å². The number of aryl methyl sites for hydroxylation is 1. The molecule has 6 heteroatoms. The molecule has 1 saturated heterocycles. The van der Waals surface area contributed by atoms with Gasteiger partial charge in [-0.25, -0.2) is 0 Å². The fourth-order valence-corrected chi connectivity index (χ4v) is 2.74. The standard InChI is InChI=1S/C16H22N2O4/c1-21-12-5-3-4-11(8-12)6-7-15(19)18-10-13(22-2)9-14(18)16(17)20/h3-5,8,13-14H,6-7,9-10H2,1-2H3,(H2,17,20)/t13-,14-/m0/s1. The first-order valence-corrected chi connectivity index (χ1v) is 7.29. The van der Waals surface area contributed by atoms with Crippen molar-refractivity contribution < 1.29 is 19.1 Å². The molecule has 120 valence electrons. The van der Waals surface area contributed by atoms with Crippen molar-refractivity contribution in [3.05, 3.63) is 29.8 Å². The molecule has 1 aromatic rings. The molecule has 2 N–H and O–H groups in total. The fraction of sp³-hybridized carbons (Fsp3) is 0.500. The van der Waals surface area contributed by atoms with Gasteiger partial charge in [-0.2, -0.15) is 0 Å². The van der Waals surface area contributed by atoms with E-state index in [0.29, 0.717) is 25.8 Å². The van der Waals surface area contributed by atoms with Gasteiger partial charge in [-0.3, -0.25) is 9.59 Å². The van der Waals surface area contributed by atoms with Crippen LogP contribution in [0.15, 0.2) is 24.3 Å². The number of rotatable bonds is 6. The van der Waals surface area contributed by atoms with Gasteiger partial charge in [0.25, 0.3) is 0 Å². The maximum absolute atomic E-state index is 12.4. The second-order valence-electron chi connectivity index (χ2n) is 5.41. The summed E-state index contributed by atoms with van der Waals surface area (Å²) in [6.45, 7) is 0.418. The van der Waals surface area contributed by atoms with Crippen molar-refractivity contribution in [2.45, 2.75) is 31.4 Å². The molecular formula is C16H22N2O4. The van der Waals surface area contributed by atoms with Crippen molar-refractivity contribution in [1.29, 1.82) is 0 Å². The Kier molecular flexibility index (Phi) is 5.38. The van der Waals surface area contributed by atoms with Gasteiger partial charge >= 0.3 is 0 Å². The molecule has 1 heterocycles. The number of carbonyl (C=O) groups is 2. The number of methoxy groups -OCH3 is 2. The van der Waals surface area contributed by atoms with Crippen molar-refractivity contribution >= 4 is 11.8 Å². The number of nitrogens with two attached hydrogens (primary N) is 1. The maximum Gasteiger partial charge on any atom is 0.240 e. The molecule has 2 amide bonds. The molecule has 0 radical (unpaired) electrons. The minimum absolute atomic E-state index is 0.0776. The summed E-state index contributed by atoms with van der Waals surface area (Å²) < 4.78 is 10.4. The van der Waals surface area contributed by atoms with Crippen molar-refractivity contribution in [2.75, 3.05) is 20.8 Å².